The second kappa shape index (κ2) is 10.9. The molecule has 39 heavy (non-hydrogen) atoms. The van der Waals surface area contributed by atoms with E-state index in [1.54, 1.807) is 0 Å². The third-order valence-corrected chi connectivity index (χ3v) is 12.6. The molecule has 0 aliphatic carbocycles. The van der Waals surface area contributed by atoms with Crippen LogP contribution < -0.4 is 10.4 Å². The first-order valence-electron chi connectivity index (χ1n) is 13.7. The van der Waals surface area contributed by atoms with Crippen molar-refractivity contribution in [1.82, 2.24) is 0 Å². The van der Waals surface area contributed by atoms with Gasteiger partial charge in [0, 0.05) is 0 Å². The van der Waals surface area contributed by atoms with Crippen LogP contribution in [0.3, 0.4) is 0 Å². The molecule has 0 saturated carbocycles. The minimum Gasteiger partial charge on any atom is -0.455 e. The minimum atomic E-state index is -2.93. The fourth-order valence-corrected chi connectivity index (χ4v) is 10.5. The van der Waals surface area contributed by atoms with E-state index in [1.807, 2.05) is 44.2 Å². The number of benzene rings is 3. The highest BCUT2D eigenvalue weighted by molar-refractivity contribution is 6.99. The van der Waals surface area contributed by atoms with Crippen LogP contribution in [0, 0.1) is 0 Å². The van der Waals surface area contributed by atoms with Gasteiger partial charge in [-0.05, 0) is 41.2 Å². The Labute approximate surface area is 232 Å². The van der Waals surface area contributed by atoms with Crippen LogP contribution >= 0.6 is 0 Å². The number of hydrogen-bond acceptors (Lipinski definition) is 5. The quantitative estimate of drug-likeness (QED) is 0.279. The van der Waals surface area contributed by atoms with Crippen molar-refractivity contribution in [3.63, 3.8) is 0 Å². The summed E-state index contributed by atoms with van der Waals surface area (Å²) >= 11 is 0. The van der Waals surface area contributed by atoms with Crippen molar-refractivity contribution in [2.45, 2.75) is 76.3 Å². The molecule has 3 aromatic carbocycles. The van der Waals surface area contributed by atoms with Crippen LogP contribution in [0.25, 0.3) is 6.08 Å². The lowest BCUT2D eigenvalue weighted by Gasteiger charge is -2.46. The first kappa shape index (κ1) is 27.5. The summed E-state index contributed by atoms with van der Waals surface area (Å²) in [6.45, 7) is 10.4. The molecule has 2 saturated heterocycles. The van der Waals surface area contributed by atoms with Crippen LogP contribution in [-0.4, -0.2) is 44.5 Å². The molecule has 0 radical (unpaired) electrons. The van der Waals surface area contributed by atoms with Gasteiger partial charge in [-0.3, -0.25) is 0 Å². The van der Waals surface area contributed by atoms with E-state index in [9.17, 15) is 4.79 Å². The number of fused-ring (bicyclic) bond motifs is 1. The van der Waals surface area contributed by atoms with Gasteiger partial charge >= 0.3 is 5.97 Å². The summed E-state index contributed by atoms with van der Waals surface area (Å²) < 4.78 is 25.7. The lowest BCUT2D eigenvalue weighted by atomic mass is 10.0. The molecule has 2 aliphatic rings. The number of ether oxygens (including phenoxy) is 3. The Morgan fingerprint density at radius 1 is 0.872 bits per heavy atom. The zero-order valence-electron chi connectivity index (χ0n) is 23.4. The highest BCUT2D eigenvalue weighted by Crippen LogP contribution is 2.42. The molecule has 0 unspecified atom stereocenters. The van der Waals surface area contributed by atoms with Crippen molar-refractivity contribution in [3.8, 4) is 0 Å². The van der Waals surface area contributed by atoms with Gasteiger partial charge in [-0.25, -0.2) is 4.79 Å². The molecule has 5 nitrogen and oxygen atoms in total. The Balaban J connectivity index is 1.60. The molecular weight excluding hydrogens is 504 g/mol. The Morgan fingerprint density at radius 2 is 1.41 bits per heavy atom. The normalized spacial score (nSPS) is 23.5. The fourth-order valence-electron chi connectivity index (χ4n) is 5.84. The van der Waals surface area contributed by atoms with Gasteiger partial charge in [0.15, 0.2) is 18.0 Å². The van der Waals surface area contributed by atoms with Crippen molar-refractivity contribution in [2.24, 2.45) is 0 Å². The third kappa shape index (κ3) is 5.52. The standard InChI is InChI=1S/C33H38O5Si/c1-32(2,3)39(25-19-11-7-12-20-25,26-21-13-8-14-22-26)38-27(23-15-18-24-16-9-6-10-17-24)28-29-30(31(34)35-28)37-33(4,5)36-29/h6-22,27-30H,23H2,1-5H3/b18-15+/t27-,28+,29-,30-/m0/s1. The average Bonchev–Trinajstić information content (AvgIpc) is 3.39. The third-order valence-electron chi connectivity index (χ3n) is 7.53. The number of esters is 1. The summed E-state index contributed by atoms with van der Waals surface area (Å²) in [7, 11) is -2.93. The van der Waals surface area contributed by atoms with E-state index in [-0.39, 0.29) is 5.04 Å². The molecule has 0 N–H and O–H groups in total. The predicted octanol–water partition coefficient (Wildman–Crippen LogP) is 5.48. The maximum Gasteiger partial charge on any atom is 0.338 e. The molecule has 0 aromatic heterocycles. The van der Waals surface area contributed by atoms with Gasteiger partial charge in [-0.1, -0.05) is 124 Å². The van der Waals surface area contributed by atoms with Gasteiger partial charge in [0.2, 0.25) is 0 Å². The molecular formula is C33H38O5Si. The van der Waals surface area contributed by atoms with Gasteiger partial charge < -0.3 is 18.6 Å². The molecule has 3 aromatic rings. The van der Waals surface area contributed by atoms with Crippen LogP contribution in [-0.2, 0) is 23.4 Å². The van der Waals surface area contributed by atoms with E-state index in [0.717, 1.165) is 5.56 Å². The van der Waals surface area contributed by atoms with Crippen LogP contribution in [0.2, 0.25) is 5.04 Å². The molecule has 2 heterocycles. The summed E-state index contributed by atoms with van der Waals surface area (Å²) in [5.74, 6) is -1.26. The first-order chi connectivity index (χ1) is 18.6. The highest BCUT2D eigenvalue weighted by atomic mass is 28.4. The van der Waals surface area contributed by atoms with Gasteiger partial charge in [-0.2, -0.15) is 0 Å². The maximum absolute atomic E-state index is 13.0. The van der Waals surface area contributed by atoms with E-state index in [4.69, 9.17) is 18.6 Å². The topological polar surface area (TPSA) is 54.0 Å². The van der Waals surface area contributed by atoms with Crippen LogP contribution in [0.15, 0.2) is 97.1 Å². The molecule has 5 rings (SSSR count). The number of rotatable bonds is 8. The van der Waals surface area contributed by atoms with E-state index < -0.39 is 44.5 Å². The SMILES string of the molecule is CC1(C)O[C@H]2[C@@H]([C@H](C/C=C/c3ccccc3)O[Si](c3ccccc3)(c3ccccc3)C(C)(C)C)OC(=O)[C@H]2O1. The summed E-state index contributed by atoms with van der Waals surface area (Å²) in [5, 5.41) is 2.11. The highest BCUT2D eigenvalue weighted by Gasteiger charge is 2.60. The maximum atomic E-state index is 13.0. The molecule has 204 valence electrons. The molecule has 0 amide bonds. The summed E-state index contributed by atoms with van der Waals surface area (Å²) in [6.07, 6.45) is 2.39. The van der Waals surface area contributed by atoms with E-state index in [0.29, 0.717) is 6.42 Å². The molecule has 6 heteroatoms. The Bertz CT molecular complexity index is 1240. The van der Waals surface area contributed by atoms with E-state index >= 15 is 0 Å². The summed E-state index contributed by atoms with van der Waals surface area (Å²) in [5.41, 5.74) is 1.10. The lowest BCUT2D eigenvalue weighted by Crippen LogP contribution is -2.68. The van der Waals surface area contributed by atoms with Crippen molar-refractivity contribution in [3.05, 3.63) is 103 Å². The molecule has 4 atom stereocenters. The number of cyclic esters (lactones) is 1. The summed E-state index contributed by atoms with van der Waals surface area (Å²) in [4.78, 5) is 13.0. The van der Waals surface area contributed by atoms with Crippen molar-refractivity contribution < 1.29 is 23.4 Å². The first-order valence-corrected chi connectivity index (χ1v) is 15.6. The van der Waals surface area contributed by atoms with E-state index in [1.165, 1.54) is 10.4 Å². The predicted molar refractivity (Wildman–Crippen MR) is 156 cm³/mol. The number of carbonyl (C=O) groups is 1. The van der Waals surface area contributed by atoms with Crippen LogP contribution in [0.4, 0.5) is 0 Å². The average molecular weight is 543 g/mol. The fraction of sp³-hybridized carbons (Fsp3) is 0.364. The minimum absolute atomic E-state index is 0.231. The van der Waals surface area contributed by atoms with Gasteiger partial charge in [0.1, 0.15) is 6.10 Å². The molecule has 0 bridgehead atoms. The number of carbonyl (C=O) groups excluding carboxylic acids is 1. The monoisotopic (exact) mass is 542 g/mol. The van der Waals surface area contributed by atoms with Gasteiger partial charge in [-0.15, -0.1) is 0 Å². The van der Waals surface area contributed by atoms with Crippen molar-refractivity contribution in [2.75, 3.05) is 0 Å². The second-order valence-electron chi connectivity index (χ2n) is 11.8. The Hall–Kier alpha value is -3.03. The van der Waals surface area contributed by atoms with Crippen LogP contribution in [0.1, 0.15) is 46.6 Å². The van der Waals surface area contributed by atoms with Gasteiger partial charge in [0.05, 0.1) is 6.10 Å². The van der Waals surface area contributed by atoms with Crippen molar-refractivity contribution in [1.29, 1.82) is 0 Å². The second-order valence-corrected chi connectivity index (χ2v) is 16.0. The van der Waals surface area contributed by atoms with Crippen LogP contribution in [0.5, 0.6) is 0 Å². The Morgan fingerprint density at radius 3 is 1.95 bits per heavy atom. The molecule has 2 aliphatic heterocycles. The van der Waals surface area contributed by atoms with Gasteiger partial charge in [0.25, 0.3) is 8.32 Å². The Kier molecular flexibility index (Phi) is 7.66. The molecule has 0 spiro atoms. The zero-order valence-corrected chi connectivity index (χ0v) is 24.4. The van der Waals surface area contributed by atoms with E-state index in [2.05, 4.69) is 93.6 Å². The summed E-state index contributed by atoms with van der Waals surface area (Å²) in [6, 6.07) is 31.2. The van der Waals surface area contributed by atoms with Crippen molar-refractivity contribution >= 4 is 30.7 Å². The largest absolute Gasteiger partial charge is 0.455 e. The lowest BCUT2D eigenvalue weighted by molar-refractivity contribution is -0.192. The number of hydrogen-bond donors (Lipinski definition) is 0. The molecule has 2 fully saturated rings. The smallest absolute Gasteiger partial charge is 0.338 e. The zero-order chi connectivity index (χ0) is 27.7.